The lowest BCUT2D eigenvalue weighted by atomic mass is 10.1. The molecule has 5 aromatic rings. The van der Waals surface area contributed by atoms with Crippen LogP contribution in [0.5, 0.6) is 5.75 Å². The quantitative estimate of drug-likeness (QED) is 0.361. The molecule has 0 saturated carbocycles. The number of nitrogens with zero attached hydrogens (tertiary/aromatic N) is 3. The Kier molecular flexibility index (Phi) is 4.59. The van der Waals surface area contributed by atoms with E-state index < -0.39 is 6.36 Å². The first kappa shape index (κ1) is 19.4. The van der Waals surface area contributed by atoms with Gasteiger partial charge in [0, 0.05) is 28.7 Å². The summed E-state index contributed by atoms with van der Waals surface area (Å²) < 4.78 is 44.0. The van der Waals surface area contributed by atoms with E-state index in [1.165, 1.54) is 12.1 Å². The summed E-state index contributed by atoms with van der Waals surface area (Å²) >= 11 is 6.32. The Balaban J connectivity index is 1.69. The molecule has 0 spiro atoms. The van der Waals surface area contributed by atoms with Crippen molar-refractivity contribution >= 4 is 33.4 Å². The highest BCUT2D eigenvalue weighted by molar-refractivity contribution is 6.35. The summed E-state index contributed by atoms with van der Waals surface area (Å²) in [6.07, 6.45) is -1.40. The van der Waals surface area contributed by atoms with Crippen molar-refractivity contribution in [3.8, 4) is 17.1 Å². The molecule has 1 N–H and O–H groups in total. The molecule has 0 bridgehead atoms. The number of hydrogen-bond donors (Lipinski definition) is 1. The number of benzene rings is 2. The van der Waals surface area contributed by atoms with E-state index in [0.29, 0.717) is 34.0 Å². The first-order valence-electron chi connectivity index (χ1n) is 9.30. The van der Waals surface area contributed by atoms with E-state index in [1.54, 1.807) is 30.6 Å². The molecule has 2 aromatic carbocycles. The van der Waals surface area contributed by atoms with Gasteiger partial charge in [-0.2, -0.15) is 0 Å². The highest BCUT2D eigenvalue weighted by atomic mass is 35.5. The van der Waals surface area contributed by atoms with Crippen LogP contribution >= 0.6 is 11.6 Å². The van der Waals surface area contributed by atoms with Gasteiger partial charge >= 0.3 is 6.36 Å². The molecule has 0 aliphatic heterocycles. The van der Waals surface area contributed by atoms with Crippen LogP contribution < -0.4 is 4.74 Å². The minimum Gasteiger partial charge on any atom is -0.406 e. The van der Waals surface area contributed by atoms with E-state index in [2.05, 4.69) is 14.7 Å². The van der Waals surface area contributed by atoms with Crippen LogP contribution in [0.25, 0.3) is 33.2 Å². The molecule has 156 valence electrons. The molecule has 5 nitrogen and oxygen atoms in total. The molecule has 5 rings (SSSR count). The number of para-hydroxylation sites is 1. The van der Waals surface area contributed by atoms with Gasteiger partial charge < -0.3 is 14.3 Å². The molecule has 0 atom stereocenters. The van der Waals surface area contributed by atoms with Gasteiger partial charge in [-0.3, -0.25) is 0 Å². The standard InChI is InChI=1S/C22H14ClF3N4O/c23-16-3-1-2-13-4-6-17(29-21(13)16)19-11-14-10-15(31-22(24,25)26)5-7-18(14)30(19)12-20-27-8-9-28-20/h1-11H,12H2,(H,27,28). The SMILES string of the molecule is FC(F)(F)Oc1ccc2c(c1)cc(-c1ccc3cccc(Cl)c3n1)n2Cc1ncc[nH]1. The molecular weight excluding hydrogens is 429 g/mol. The van der Waals surface area contributed by atoms with Crippen LogP contribution in [-0.4, -0.2) is 25.9 Å². The van der Waals surface area contributed by atoms with Gasteiger partial charge in [-0.25, -0.2) is 9.97 Å². The Morgan fingerprint density at radius 2 is 1.90 bits per heavy atom. The molecule has 0 unspecified atom stereocenters. The number of hydrogen-bond acceptors (Lipinski definition) is 3. The average molecular weight is 443 g/mol. The maximum atomic E-state index is 12.7. The third-order valence-corrected chi connectivity index (χ3v) is 5.21. The van der Waals surface area contributed by atoms with Crippen LogP contribution in [-0.2, 0) is 6.54 Å². The van der Waals surface area contributed by atoms with Gasteiger partial charge in [0.25, 0.3) is 0 Å². The highest BCUT2D eigenvalue weighted by Gasteiger charge is 2.31. The molecule has 31 heavy (non-hydrogen) atoms. The Bertz CT molecular complexity index is 1390. The van der Waals surface area contributed by atoms with E-state index in [0.717, 1.165) is 16.6 Å². The van der Waals surface area contributed by atoms with Crippen molar-refractivity contribution in [2.45, 2.75) is 12.9 Å². The molecule has 0 radical (unpaired) electrons. The molecular formula is C22H14ClF3N4O. The van der Waals surface area contributed by atoms with Crippen LogP contribution in [0.2, 0.25) is 5.02 Å². The van der Waals surface area contributed by atoms with Gasteiger partial charge in [-0.15, -0.1) is 13.2 Å². The molecule has 3 heterocycles. The number of aromatic nitrogens is 4. The second-order valence-corrected chi connectivity index (χ2v) is 7.34. The van der Waals surface area contributed by atoms with Crippen molar-refractivity contribution in [3.05, 3.63) is 77.8 Å². The van der Waals surface area contributed by atoms with Crippen LogP contribution in [0.3, 0.4) is 0 Å². The van der Waals surface area contributed by atoms with Crippen molar-refractivity contribution < 1.29 is 17.9 Å². The minimum absolute atomic E-state index is 0.281. The normalized spacial score (nSPS) is 12.0. The number of pyridine rings is 1. The van der Waals surface area contributed by atoms with Crippen molar-refractivity contribution in [1.29, 1.82) is 0 Å². The monoisotopic (exact) mass is 442 g/mol. The summed E-state index contributed by atoms with van der Waals surface area (Å²) in [6, 6.07) is 15.3. The van der Waals surface area contributed by atoms with E-state index in [9.17, 15) is 13.2 Å². The van der Waals surface area contributed by atoms with Gasteiger partial charge in [0.15, 0.2) is 0 Å². The number of alkyl halides is 3. The van der Waals surface area contributed by atoms with Crippen molar-refractivity contribution in [2.75, 3.05) is 0 Å². The second-order valence-electron chi connectivity index (χ2n) is 6.93. The van der Waals surface area contributed by atoms with Crippen molar-refractivity contribution in [3.63, 3.8) is 0 Å². The fraction of sp³-hybridized carbons (Fsp3) is 0.0909. The number of halogens is 4. The summed E-state index contributed by atoms with van der Waals surface area (Å²) in [5, 5.41) is 2.00. The first-order chi connectivity index (χ1) is 14.9. The highest BCUT2D eigenvalue weighted by Crippen LogP contribution is 2.33. The predicted octanol–water partition coefficient (Wildman–Crippen LogP) is 6.18. The number of fused-ring (bicyclic) bond motifs is 2. The number of nitrogens with one attached hydrogen (secondary N) is 1. The molecule has 0 aliphatic carbocycles. The summed E-state index contributed by atoms with van der Waals surface area (Å²) in [5.74, 6) is 0.421. The van der Waals surface area contributed by atoms with E-state index >= 15 is 0 Å². The molecule has 0 amide bonds. The number of ether oxygens (including phenoxy) is 1. The topological polar surface area (TPSA) is 55.7 Å². The van der Waals surface area contributed by atoms with Gasteiger partial charge in [-0.05, 0) is 36.4 Å². The van der Waals surface area contributed by atoms with Gasteiger partial charge in [0.05, 0.1) is 28.5 Å². The summed E-state index contributed by atoms with van der Waals surface area (Å²) in [5.41, 5.74) is 2.73. The van der Waals surface area contributed by atoms with Crippen molar-refractivity contribution in [2.24, 2.45) is 0 Å². The molecule has 0 aliphatic rings. The first-order valence-corrected chi connectivity index (χ1v) is 9.68. The number of rotatable bonds is 4. The third kappa shape index (κ3) is 3.82. The van der Waals surface area contributed by atoms with Gasteiger partial charge in [0.1, 0.15) is 11.6 Å². The zero-order valence-corrected chi connectivity index (χ0v) is 16.6. The van der Waals surface area contributed by atoms with Crippen LogP contribution in [0.15, 0.2) is 67.0 Å². The Hall–Kier alpha value is -3.52. The van der Waals surface area contributed by atoms with Crippen LogP contribution in [0.4, 0.5) is 13.2 Å². The lowest BCUT2D eigenvalue weighted by molar-refractivity contribution is -0.274. The van der Waals surface area contributed by atoms with E-state index in [-0.39, 0.29) is 5.75 Å². The lowest BCUT2D eigenvalue weighted by Crippen LogP contribution is -2.17. The minimum atomic E-state index is -4.76. The fourth-order valence-corrected chi connectivity index (χ4v) is 3.84. The Morgan fingerprint density at radius 1 is 1.03 bits per heavy atom. The Labute approximate surface area is 179 Å². The number of aromatic amines is 1. The average Bonchev–Trinajstić information content (AvgIpc) is 3.35. The summed E-state index contributed by atoms with van der Waals surface area (Å²) in [7, 11) is 0. The van der Waals surface area contributed by atoms with Gasteiger partial charge in [0.2, 0.25) is 0 Å². The zero-order valence-electron chi connectivity index (χ0n) is 15.8. The zero-order chi connectivity index (χ0) is 21.6. The van der Waals surface area contributed by atoms with E-state index in [4.69, 9.17) is 16.6 Å². The lowest BCUT2D eigenvalue weighted by Gasteiger charge is -2.11. The summed E-state index contributed by atoms with van der Waals surface area (Å²) in [6.45, 7) is 0.382. The smallest absolute Gasteiger partial charge is 0.406 e. The maximum Gasteiger partial charge on any atom is 0.573 e. The number of H-pyrrole nitrogens is 1. The van der Waals surface area contributed by atoms with Crippen LogP contribution in [0.1, 0.15) is 5.82 Å². The second kappa shape index (κ2) is 7.31. The molecule has 0 saturated heterocycles. The number of imidazole rings is 1. The van der Waals surface area contributed by atoms with Gasteiger partial charge in [-0.1, -0.05) is 29.8 Å². The molecule has 9 heteroatoms. The molecule has 0 fully saturated rings. The predicted molar refractivity (Wildman–Crippen MR) is 112 cm³/mol. The Morgan fingerprint density at radius 3 is 2.68 bits per heavy atom. The van der Waals surface area contributed by atoms with Crippen LogP contribution in [0, 0.1) is 0 Å². The van der Waals surface area contributed by atoms with Crippen molar-refractivity contribution in [1.82, 2.24) is 19.5 Å². The van der Waals surface area contributed by atoms with E-state index in [1.807, 2.05) is 28.8 Å². The fourth-order valence-electron chi connectivity index (χ4n) is 3.62. The third-order valence-electron chi connectivity index (χ3n) is 4.90. The molecule has 3 aromatic heterocycles. The maximum absolute atomic E-state index is 12.7. The summed E-state index contributed by atoms with van der Waals surface area (Å²) in [4.78, 5) is 12.0. The largest absolute Gasteiger partial charge is 0.573 e.